The zero-order valence-corrected chi connectivity index (χ0v) is 11.0. The van der Waals surface area contributed by atoms with Crippen molar-refractivity contribution in [3.63, 3.8) is 0 Å². The Bertz CT molecular complexity index is 512. The molecule has 0 radical (unpaired) electrons. The first-order chi connectivity index (χ1) is 7.79. The summed E-state index contributed by atoms with van der Waals surface area (Å²) in [6.45, 7) is 4.86. The lowest BCUT2D eigenvalue weighted by Crippen LogP contribution is -2.35. The van der Waals surface area contributed by atoms with E-state index in [1.807, 2.05) is 6.92 Å². The summed E-state index contributed by atoms with van der Waals surface area (Å²) in [5.41, 5.74) is 7.41. The number of nitrogens with two attached hydrogens (primary N) is 1. The van der Waals surface area contributed by atoms with Gasteiger partial charge in [0.05, 0.1) is 12.3 Å². The van der Waals surface area contributed by atoms with Crippen LogP contribution in [0.15, 0.2) is 17.0 Å². The summed E-state index contributed by atoms with van der Waals surface area (Å²) in [6.07, 6.45) is 0. The standard InChI is InChI=1S/C11H18N2O3S/c1-7-4-5-10(12)11(9(7)3)17(15,16)13-8(2)6-14/h4-5,8,13-14H,6,12H2,1-3H3/t8-/m1/s1. The fourth-order valence-corrected chi connectivity index (χ4v) is 3.19. The number of benzene rings is 1. The van der Waals surface area contributed by atoms with E-state index in [9.17, 15) is 8.42 Å². The van der Waals surface area contributed by atoms with Crippen LogP contribution in [0.1, 0.15) is 18.1 Å². The van der Waals surface area contributed by atoms with Gasteiger partial charge in [0.2, 0.25) is 10.0 Å². The molecule has 1 atom stereocenters. The molecular formula is C11H18N2O3S. The molecule has 0 aromatic heterocycles. The molecule has 0 saturated heterocycles. The first-order valence-corrected chi connectivity index (χ1v) is 6.76. The predicted octanol–water partition coefficient (Wildman–Crippen LogP) is 0.545. The van der Waals surface area contributed by atoms with E-state index in [1.165, 1.54) is 0 Å². The largest absolute Gasteiger partial charge is 0.398 e. The maximum absolute atomic E-state index is 12.1. The summed E-state index contributed by atoms with van der Waals surface area (Å²) in [6, 6.07) is 2.80. The first kappa shape index (κ1) is 14.0. The van der Waals surface area contributed by atoms with Gasteiger partial charge < -0.3 is 10.8 Å². The molecule has 0 saturated carbocycles. The number of hydrogen-bond acceptors (Lipinski definition) is 4. The molecule has 0 fully saturated rings. The van der Waals surface area contributed by atoms with Crippen LogP contribution in [0.5, 0.6) is 0 Å². The summed E-state index contributed by atoms with van der Waals surface area (Å²) in [5, 5.41) is 8.88. The first-order valence-electron chi connectivity index (χ1n) is 5.28. The third-order valence-electron chi connectivity index (χ3n) is 2.61. The van der Waals surface area contributed by atoms with Crippen molar-refractivity contribution in [1.29, 1.82) is 0 Å². The van der Waals surface area contributed by atoms with Crippen LogP contribution in [-0.4, -0.2) is 26.2 Å². The van der Waals surface area contributed by atoms with E-state index in [0.717, 1.165) is 5.56 Å². The second-order valence-corrected chi connectivity index (χ2v) is 5.78. The normalized spacial score (nSPS) is 13.6. The van der Waals surface area contributed by atoms with Crippen LogP contribution in [0.3, 0.4) is 0 Å². The molecule has 0 aliphatic carbocycles. The molecule has 0 aliphatic heterocycles. The molecule has 5 nitrogen and oxygen atoms in total. The Morgan fingerprint density at radius 2 is 2.00 bits per heavy atom. The molecule has 0 amide bonds. The van der Waals surface area contributed by atoms with Gasteiger partial charge in [0, 0.05) is 6.04 Å². The molecule has 6 heteroatoms. The molecule has 0 heterocycles. The van der Waals surface area contributed by atoms with E-state index in [1.54, 1.807) is 26.0 Å². The summed E-state index contributed by atoms with van der Waals surface area (Å²) >= 11 is 0. The highest BCUT2D eigenvalue weighted by Crippen LogP contribution is 2.25. The molecule has 0 bridgehead atoms. The van der Waals surface area contributed by atoms with Crippen molar-refractivity contribution in [3.8, 4) is 0 Å². The maximum atomic E-state index is 12.1. The third kappa shape index (κ3) is 2.96. The minimum absolute atomic E-state index is 0.0952. The summed E-state index contributed by atoms with van der Waals surface area (Å²) < 4.78 is 26.6. The fraction of sp³-hybridized carbons (Fsp3) is 0.455. The Hall–Kier alpha value is -1.11. The van der Waals surface area contributed by atoms with E-state index < -0.39 is 16.1 Å². The van der Waals surface area contributed by atoms with Crippen molar-refractivity contribution < 1.29 is 13.5 Å². The monoisotopic (exact) mass is 258 g/mol. The fourth-order valence-electron chi connectivity index (χ4n) is 1.53. The van der Waals surface area contributed by atoms with Crippen LogP contribution in [0, 0.1) is 13.8 Å². The molecule has 0 spiro atoms. The summed E-state index contributed by atoms with van der Waals surface area (Å²) in [7, 11) is -3.69. The Morgan fingerprint density at radius 3 is 2.53 bits per heavy atom. The van der Waals surface area contributed by atoms with Gasteiger partial charge in [0.25, 0.3) is 0 Å². The quantitative estimate of drug-likeness (QED) is 0.687. The summed E-state index contributed by atoms with van der Waals surface area (Å²) in [5.74, 6) is 0. The van der Waals surface area contributed by atoms with Gasteiger partial charge in [-0.1, -0.05) is 6.07 Å². The lowest BCUT2D eigenvalue weighted by atomic mass is 10.1. The minimum Gasteiger partial charge on any atom is -0.398 e. The topological polar surface area (TPSA) is 92.4 Å². The van der Waals surface area contributed by atoms with Crippen molar-refractivity contribution in [3.05, 3.63) is 23.3 Å². The molecule has 0 aliphatic rings. The van der Waals surface area contributed by atoms with Gasteiger partial charge in [-0.15, -0.1) is 0 Å². The molecule has 4 N–H and O–H groups in total. The van der Waals surface area contributed by atoms with Crippen molar-refractivity contribution >= 4 is 15.7 Å². The van der Waals surface area contributed by atoms with E-state index in [-0.39, 0.29) is 17.2 Å². The molecule has 1 aromatic rings. The molecule has 96 valence electrons. The maximum Gasteiger partial charge on any atom is 0.243 e. The minimum atomic E-state index is -3.69. The van der Waals surface area contributed by atoms with E-state index in [4.69, 9.17) is 10.8 Å². The van der Waals surface area contributed by atoms with Crippen LogP contribution in [0.2, 0.25) is 0 Å². The number of nitrogens with one attached hydrogen (secondary N) is 1. The highest BCUT2D eigenvalue weighted by molar-refractivity contribution is 7.89. The van der Waals surface area contributed by atoms with E-state index in [0.29, 0.717) is 5.56 Å². The third-order valence-corrected chi connectivity index (χ3v) is 4.40. The molecule has 1 aromatic carbocycles. The number of anilines is 1. The Kier molecular flexibility index (Phi) is 4.13. The van der Waals surface area contributed by atoms with Crippen molar-refractivity contribution in [2.45, 2.75) is 31.7 Å². The highest BCUT2D eigenvalue weighted by Gasteiger charge is 2.22. The van der Waals surface area contributed by atoms with Gasteiger partial charge in [-0.05, 0) is 38.0 Å². The molecule has 0 unspecified atom stereocenters. The lowest BCUT2D eigenvalue weighted by Gasteiger charge is -2.16. The molecule has 1 rings (SSSR count). The highest BCUT2D eigenvalue weighted by atomic mass is 32.2. The number of aliphatic hydroxyl groups is 1. The number of aliphatic hydroxyl groups excluding tert-OH is 1. The van der Waals surface area contributed by atoms with Crippen LogP contribution >= 0.6 is 0 Å². The second-order valence-electron chi connectivity index (χ2n) is 4.13. The number of hydrogen-bond donors (Lipinski definition) is 3. The number of aryl methyl sites for hydroxylation is 1. The van der Waals surface area contributed by atoms with Crippen molar-refractivity contribution in [2.24, 2.45) is 0 Å². The van der Waals surface area contributed by atoms with Gasteiger partial charge >= 0.3 is 0 Å². The SMILES string of the molecule is Cc1ccc(N)c(S(=O)(=O)N[C@H](C)CO)c1C. The van der Waals surface area contributed by atoms with Gasteiger partial charge in [-0.25, -0.2) is 13.1 Å². The van der Waals surface area contributed by atoms with Crippen LogP contribution in [0.4, 0.5) is 5.69 Å². The lowest BCUT2D eigenvalue weighted by molar-refractivity contribution is 0.265. The number of rotatable bonds is 4. The second kappa shape index (κ2) is 5.03. The molecule has 17 heavy (non-hydrogen) atoms. The Labute approximate surface area is 102 Å². The zero-order valence-electron chi connectivity index (χ0n) is 10.2. The van der Waals surface area contributed by atoms with E-state index in [2.05, 4.69) is 4.72 Å². The average molecular weight is 258 g/mol. The van der Waals surface area contributed by atoms with Crippen LogP contribution < -0.4 is 10.5 Å². The summed E-state index contributed by atoms with van der Waals surface area (Å²) in [4.78, 5) is 0.0952. The predicted molar refractivity (Wildman–Crippen MR) is 67.2 cm³/mol. The Balaban J connectivity index is 3.29. The molecular weight excluding hydrogens is 240 g/mol. The van der Waals surface area contributed by atoms with Crippen LogP contribution in [0.25, 0.3) is 0 Å². The van der Waals surface area contributed by atoms with Crippen LogP contribution in [-0.2, 0) is 10.0 Å². The van der Waals surface area contributed by atoms with Crippen molar-refractivity contribution in [1.82, 2.24) is 4.72 Å². The average Bonchev–Trinajstić information content (AvgIpc) is 2.23. The number of sulfonamides is 1. The zero-order chi connectivity index (χ0) is 13.2. The van der Waals surface area contributed by atoms with Gasteiger partial charge in [-0.3, -0.25) is 0 Å². The van der Waals surface area contributed by atoms with Crippen molar-refractivity contribution in [2.75, 3.05) is 12.3 Å². The smallest absolute Gasteiger partial charge is 0.243 e. The van der Waals surface area contributed by atoms with E-state index >= 15 is 0 Å². The van der Waals surface area contributed by atoms with Gasteiger partial charge in [0.15, 0.2) is 0 Å². The number of nitrogen functional groups attached to an aromatic ring is 1. The Morgan fingerprint density at radius 1 is 1.41 bits per heavy atom. The van der Waals surface area contributed by atoms with Gasteiger partial charge in [-0.2, -0.15) is 0 Å². The van der Waals surface area contributed by atoms with Gasteiger partial charge in [0.1, 0.15) is 4.90 Å².